The number of piperazine rings is 1. The van der Waals surface area contributed by atoms with Crippen LogP contribution in [-0.4, -0.2) is 78.7 Å². The first-order valence-electron chi connectivity index (χ1n) is 16.5. The van der Waals surface area contributed by atoms with Crippen molar-refractivity contribution in [2.75, 3.05) is 38.1 Å². The van der Waals surface area contributed by atoms with Crippen molar-refractivity contribution in [3.05, 3.63) is 83.4 Å². The largest absolute Gasteiger partial charge is 0.494 e. The predicted octanol–water partition coefficient (Wildman–Crippen LogP) is 6.40. The van der Waals surface area contributed by atoms with Crippen LogP contribution in [0.2, 0.25) is 0 Å². The molecular weight excluding hydrogens is 593 g/mol. The van der Waals surface area contributed by atoms with E-state index in [1.165, 1.54) is 22.3 Å². The summed E-state index contributed by atoms with van der Waals surface area (Å²) in [4.78, 5) is 29.9. The Bertz CT molecular complexity index is 1580. The van der Waals surface area contributed by atoms with Crippen molar-refractivity contribution >= 4 is 30.5 Å². The van der Waals surface area contributed by atoms with Crippen LogP contribution in [0.15, 0.2) is 66.7 Å². The van der Waals surface area contributed by atoms with Crippen LogP contribution < -0.4 is 10.8 Å². The highest BCUT2D eigenvalue weighted by atomic mass is 16.7. The Hall–Kier alpha value is -3.86. The fraction of sp³-hybridized carbons (Fsp3) is 0.459. The topological polar surface area (TPSA) is 89.6 Å². The summed E-state index contributed by atoms with van der Waals surface area (Å²) in [6.45, 7) is 17.2. The molecule has 6 rings (SSSR count). The molecular formula is C37H46BN3O6. The van der Waals surface area contributed by atoms with Crippen LogP contribution in [0, 0.1) is 0 Å². The monoisotopic (exact) mass is 639 g/mol. The van der Waals surface area contributed by atoms with Crippen LogP contribution in [0.3, 0.4) is 0 Å². The number of ether oxygens (including phenoxy) is 2. The molecule has 0 bridgehead atoms. The maximum absolute atomic E-state index is 13.3. The lowest BCUT2D eigenvalue weighted by molar-refractivity contribution is 0.00578. The maximum Gasteiger partial charge on any atom is 0.494 e. The summed E-state index contributed by atoms with van der Waals surface area (Å²) in [6.07, 6.45) is -0.802. The second-order valence-corrected chi connectivity index (χ2v) is 14.7. The van der Waals surface area contributed by atoms with Crippen molar-refractivity contribution in [2.24, 2.45) is 0 Å². The minimum absolute atomic E-state index is 0.0286. The van der Waals surface area contributed by atoms with Gasteiger partial charge >= 0.3 is 19.3 Å². The van der Waals surface area contributed by atoms with Gasteiger partial charge in [0, 0.05) is 44.3 Å². The zero-order valence-corrected chi connectivity index (χ0v) is 28.6. The fourth-order valence-electron chi connectivity index (χ4n) is 6.42. The average Bonchev–Trinajstić information content (AvgIpc) is 3.44. The molecule has 3 aliphatic rings. The lowest BCUT2D eigenvalue weighted by Crippen LogP contribution is -2.49. The third-order valence-corrected chi connectivity index (χ3v) is 9.56. The number of amides is 2. The molecule has 0 aromatic heterocycles. The van der Waals surface area contributed by atoms with Gasteiger partial charge in [-0.05, 0) is 93.9 Å². The molecule has 2 amide bonds. The van der Waals surface area contributed by atoms with Crippen LogP contribution in [0.1, 0.15) is 71.1 Å². The van der Waals surface area contributed by atoms with Gasteiger partial charge in [-0.15, -0.1) is 0 Å². The lowest BCUT2D eigenvalue weighted by atomic mass is 9.78. The summed E-state index contributed by atoms with van der Waals surface area (Å²) in [5, 5.41) is 2.98. The van der Waals surface area contributed by atoms with E-state index in [9.17, 15) is 9.59 Å². The Balaban J connectivity index is 1.16. The van der Waals surface area contributed by atoms with Crippen molar-refractivity contribution in [3.63, 3.8) is 0 Å². The summed E-state index contributed by atoms with van der Waals surface area (Å²) in [5.41, 5.74) is 5.58. The molecule has 2 aliphatic heterocycles. The molecule has 1 aliphatic carbocycles. The molecule has 3 aromatic carbocycles. The Labute approximate surface area is 278 Å². The summed E-state index contributed by atoms with van der Waals surface area (Å²) >= 11 is 0. The highest BCUT2D eigenvalue weighted by Gasteiger charge is 2.51. The molecule has 47 heavy (non-hydrogen) atoms. The first-order valence-corrected chi connectivity index (χ1v) is 16.5. The lowest BCUT2D eigenvalue weighted by Gasteiger charge is -2.35. The van der Waals surface area contributed by atoms with Gasteiger partial charge in [-0.1, -0.05) is 54.6 Å². The Morgan fingerprint density at radius 2 is 1.45 bits per heavy atom. The van der Waals surface area contributed by atoms with Crippen molar-refractivity contribution in [2.45, 2.75) is 77.7 Å². The van der Waals surface area contributed by atoms with Gasteiger partial charge in [0.15, 0.2) is 0 Å². The molecule has 0 unspecified atom stereocenters. The number of carbonyl (C=O) groups excluding carboxylic acids is 2. The van der Waals surface area contributed by atoms with E-state index in [2.05, 4.69) is 40.5 Å². The Kier molecular flexibility index (Phi) is 8.89. The van der Waals surface area contributed by atoms with Crippen LogP contribution in [-0.2, 0) is 25.3 Å². The van der Waals surface area contributed by atoms with E-state index in [4.69, 9.17) is 18.8 Å². The van der Waals surface area contributed by atoms with Crippen LogP contribution >= 0.6 is 0 Å². The summed E-state index contributed by atoms with van der Waals surface area (Å²) in [6, 6.07) is 22.5. The van der Waals surface area contributed by atoms with Gasteiger partial charge in [-0.25, -0.2) is 9.59 Å². The number of fused-ring (bicyclic) bond motifs is 3. The normalized spacial score (nSPS) is 18.9. The second-order valence-electron chi connectivity index (χ2n) is 14.7. The Morgan fingerprint density at radius 1 is 0.872 bits per heavy atom. The molecule has 2 saturated heterocycles. The number of carbonyl (C=O) groups is 2. The molecule has 0 spiro atoms. The van der Waals surface area contributed by atoms with Gasteiger partial charge < -0.3 is 23.7 Å². The zero-order chi connectivity index (χ0) is 33.6. The molecule has 10 heteroatoms. The van der Waals surface area contributed by atoms with E-state index >= 15 is 0 Å². The number of nitrogens with zero attached hydrogens (tertiary/aromatic N) is 2. The van der Waals surface area contributed by atoms with E-state index in [1.54, 1.807) is 4.90 Å². The molecule has 2 heterocycles. The van der Waals surface area contributed by atoms with Gasteiger partial charge in [0.1, 0.15) is 12.2 Å². The van der Waals surface area contributed by atoms with E-state index in [0.29, 0.717) is 38.4 Å². The van der Waals surface area contributed by atoms with E-state index in [1.807, 2.05) is 84.9 Å². The van der Waals surface area contributed by atoms with Crippen molar-refractivity contribution in [1.82, 2.24) is 9.80 Å². The highest BCUT2D eigenvalue weighted by molar-refractivity contribution is 6.62. The van der Waals surface area contributed by atoms with Crippen molar-refractivity contribution in [3.8, 4) is 11.1 Å². The smallest absolute Gasteiger partial charge is 0.448 e. The molecule has 3 aromatic rings. The van der Waals surface area contributed by atoms with Gasteiger partial charge in [0.2, 0.25) is 0 Å². The minimum Gasteiger partial charge on any atom is -0.448 e. The fourth-order valence-corrected chi connectivity index (χ4v) is 6.42. The zero-order valence-electron chi connectivity index (χ0n) is 28.6. The molecule has 0 radical (unpaired) electrons. The summed E-state index contributed by atoms with van der Waals surface area (Å²) in [5.74, 6) is -0.0286. The average molecular weight is 640 g/mol. The number of rotatable bonds is 6. The van der Waals surface area contributed by atoms with Gasteiger partial charge in [-0.2, -0.15) is 0 Å². The van der Waals surface area contributed by atoms with Crippen molar-refractivity contribution < 1.29 is 28.4 Å². The summed E-state index contributed by atoms with van der Waals surface area (Å²) in [7, 11) is -0.591. The van der Waals surface area contributed by atoms with E-state index in [0.717, 1.165) is 11.0 Å². The SMILES string of the molecule is CC(C)(C)OC(=O)N1CCN(Cc2cc(NC(=O)OCC3c4ccccc4-c4ccccc43)cc(B3OC(C)(C)C(C)(C)O3)c2)CC1. The molecule has 248 valence electrons. The third-order valence-electron chi connectivity index (χ3n) is 9.56. The van der Waals surface area contributed by atoms with Crippen LogP contribution in [0.25, 0.3) is 11.1 Å². The van der Waals surface area contributed by atoms with Gasteiger partial charge in [0.05, 0.1) is 11.2 Å². The molecule has 2 fully saturated rings. The van der Waals surface area contributed by atoms with Gasteiger partial charge in [0.25, 0.3) is 0 Å². The quantitative estimate of drug-likeness (QED) is 0.313. The minimum atomic E-state index is -0.591. The molecule has 0 saturated carbocycles. The third kappa shape index (κ3) is 7.20. The first-order chi connectivity index (χ1) is 22.2. The molecule has 0 atom stereocenters. The molecule has 9 nitrogen and oxygen atoms in total. The number of nitrogens with one attached hydrogen (secondary N) is 1. The predicted molar refractivity (Wildman–Crippen MR) is 184 cm³/mol. The summed E-state index contributed by atoms with van der Waals surface area (Å²) < 4.78 is 24.2. The highest BCUT2D eigenvalue weighted by Crippen LogP contribution is 2.44. The number of anilines is 1. The number of hydrogen-bond donors (Lipinski definition) is 1. The molecule has 1 N–H and O–H groups in total. The standard InChI is InChI=1S/C37H46BN3O6/c1-35(2,3)45-34(43)41-18-16-40(17-19-41)23-25-20-26(38-46-36(4,5)37(6,7)47-38)22-27(21-25)39-33(42)44-24-32-30-14-10-8-12-28(30)29-13-9-11-15-31(29)32/h8-15,20-22,32H,16-19,23-24H2,1-7H3,(H,39,42). The second kappa shape index (κ2) is 12.6. The maximum atomic E-state index is 13.3. The van der Waals surface area contributed by atoms with E-state index < -0.39 is 30.0 Å². The van der Waals surface area contributed by atoms with Crippen molar-refractivity contribution in [1.29, 1.82) is 0 Å². The van der Waals surface area contributed by atoms with Crippen LogP contribution in [0.4, 0.5) is 15.3 Å². The van der Waals surface area contributed by atoms with Crippen LogP contribution in [0.5, 0.6) is 0 Å². The van der Waals surface area contributed by atoms with Gasteiger partial charge in [-0.3, -0.25) is 10.2 Å². The van der Waals surface area contributed by atoms with E-state index in [-0.39, 0.29) is 18.6 Å². The first kappa shape index (κ1) is 33.1. The number of hydrogen-bond acceptors (Lipinski definition) is 7. The Morgan fingerprint density at radius 3 is 2.02 bits per heavy atom. The number of benzene rings is 3.